The van der Waals surface area contributed by atoms with Crippen LogP contribution in [0.2, 0.25) is 0 Å². The molecule has 1 aromatic heterocycles. The molecule has 2 aliphatic rings. The first-order chi connectivity index (χ1) is 16.8. The molecule has 8 nitrogen and oxygen atoms in total. The monoisotopic (exact) mass is 489 g/mol. The lowest BCUT2D eigenvalue weighted by Gasteiger charge is -2.50. The summed E-state index contributed by atoms with van der Waals surface area (Å²) in [5.41, 5.74) is -1.96. The Hall–Kier alpha value is -3.27. The summed E-state index contributed by atoms with van der Waals surface area (Å²) in [5.74, 6) is -3.62. The van der Waals surface area contributed by atoms with E-state index in [9.17, 15) is 28.3 Å². The van der Waals surface area contributed by atoms with Crippen LogP contribution in [-0.2, 0) is 17.8 Å². The number of amides is 2. The number of carbonyl (C=O) groups is 2. The number of fused-ring (bicyclic) bond motifs is 1. The molecule has 3 heterocycles. The SMILES string of the molecule is CCCCCN1C(=O)c2c(O)c(=O)c(C(=O)NCc3ccc(F)cc3F)cn2CC12CCOCC2. The van der Waals surface area contributed by atoms with Crippen molar-refractivity contribution in [1.82, 2.24) is 14.8 Å². The molecule has 0 saturated carbocycles. The molecule has 1 saturated heterocycles. The van der Waals surface area contributed by atoms with Crippen LogP contribution in [0.25, 0.3) is 0 Å². The highest BCUT2D eigenvalue weighted by molar-refractivity contribution is 5.99. The predicted molar refractivity (Wildman–Crippen MR) is 123 cm³/mol. The lowest BCUT2D eigenvalue weighted by Crippen LogP contribution is -2.61. The molecule has 4 rings (SSSR count). The molecule has 188 valence electrons. The Morgan fingerprint density at radius 1 is 1.20 bits per heavy atom. The number of hydrogen-bond donors (Lipinski definition) is 2. The third-order valence-electron chi connectivity index (χ3n) is 6.85. The molecule has 0 unspecified atom stereocenters. The number of hydrogen-bond acceptors (Lipinski definition) is 5. The highest BCUT2D eigenvalue weighted by Gasteiger charge is 2.47. The lowest BCUT2D eigenvalue weighted by atomic mass is 9.84. The number of ether oxygens (including phenoxy) is 1. The first kappa shape index (κ1) is 24.8. The van der Waals surface area contributed by atoms with Gasteiger partial charge in [-0.25, -0.2) is 8.78 Å². The van der Waals surface area contributed by atoms with Gasteiger partial charge in [-0.05, 0) is 25.3 Å². The smallest absolute Gasteiger partial charge is 0.275 e. The second-order valence-electron chi connectivity index (χ2n) is 9.12. The molecule has 1 aromatic carbocycles. The molecular formula is C25H29F2N3O5. The number of halogens is 2. The van der Waals surface area contributed by atoms with Gasteiger partial charge in [0.2, 0.25) is 5.43 Å². The minimum Gasteiger partial charge on any atom is -0.503 e. The van der Waals surface area contributed by atoms with Crippen molar-refractivity contribution in [2.45, 2.75) is 57.7 Å². The molecule has 35 heavy (non-hydrogen) atoms. The summed E-state index contributed by atoms with van der Waals surface area (Å²) in [5, 5.41) is 13.1. The number of benzene rings is 1. The van der Waals surface area contributed by atoms with E-state index >= 15 is 0 Å². The fourth-order valence-electron chi connectivity index (χ4n) is 4.88. The summed E-state index contributed by atoms with van der Waals surface area (Å²) in [7, 11) is 0. The molecule has 2 aromatic rings. The maximum Gasteiger partial charge on any atom is 0.275 e. The van der Waals surface area contributed by atoms with E-state index in [0.717, 1.165) is 25.3 Å². The molecule has 2 N–H and O–H groups in total. The Labute approximate surface area is 201 Å². The average molecular weight is 490 g/mol. The Morgan fingerprint density at radius 3 is 2.63 bits per heavy atom. The van der Waals surface area contributed by atoms with E-state index in [1.54, 1.807) is 4.90 Å². The summed E-state index contributed by atoms with van der Waals surface area (Å²) >= 11 is 0. The van der Waals surface area contributed by atoms with Crippen LogP contribution >= 0.6 is 0 Å². The van der Waals surface area contributed by atoms with E-state index in [0.29, 0.717) is 45.2 Å². The predicted octanol–water partition coefficient (Wildman–Crippen LogP) is 2.96. The van der Waals surface area contributed by atoms with E-state index in [-0.39, 0.29) is 23.4 Å². The Balaban J connectivity index is 1.65. The maximum absolute atomic E-state index is 13.9. The van der Waals surface area contributed by atoms with Gasteiger partial charge < -0.3 is 24.6 Å². The van der Waals surface area contributed by atoms with E-state index < -0.39 is 40.2 Å². The molecule has 1 spiro atoms. The fourth-order valence-corrected chi connectivity index (χ4v) is 4.88. The number of aromatic nitrogens is 1. The summed E-state index contributed by atoms with van der Waals surface area (Å²) < 4.78 is 34.0. The van der Waals surface area contributed by atoms with E-state index in [2.05, 4.69) is 12.2 Å². The molecule has 0 bridgehead atoms. The fraction of sp³-hybridized carbons (Fsp3) is 0.480. The maximum atomic E-state index is 13.9. The first-order valence-electron chi connectivity index (χ1n) is 11.9. The van der Waals surface area contributed by atoms with Crippen molar-refractivity contribution in [3.05, 3.63) is 63.1 Å². The van der Waals surface area contributed by atoms with Gasteiger partial charge in [0.05, 0.1) is 5.54 Å². The van der Waals surface area contributed by atoms with Gasteiger partial charge in [-0.15, -0.1) is 0 Å². The van der Waals surface area contributed by atoms with Crippen LogP contribution < -0.4 is 10.7 Å². The molecule has 1 fully saturated rings. The quantitative estimate of drug-likeness (QED) is 0.583. The van der Waals surface area contributed by atoms with Crippen LogP contribution in [0.15, 0.2) is 29.2 Å². The summed E-state index contributed by atoms with van der Waals surface area (Å²) in [4.78, 5) is 40.9. The number of carbonyl (C=O) groups excluding carboxylic acids is 2. The van der Waals surface area contributed by atoms with Gasteiger partial charge in [0.15, 0.2) is 11.4 Å². The molecular weight excluding hydrogens is 460 g/mol. The van der Waals surface area contributed by atoms with E-state index in [1.165, 1.54) is 16.8 Å². The van der Waals surface area contributed by atoms with Crippen LogP contribution in [0, 0.1) is 11.6 Å². The molecule has 10 heteroatoms. The standard InChI is InChI=1S/C25H29F2N3O5/c1-2-3-4-9-30-24(34)20-22(32)21(31)18(14-29(20)15-25(30)7-10-35-11-8-25)23(33)28-13-16-5-6-17(26)12-19(16)27/h5-6,12,14,32H,2-4,7-11,13,15H2,1H3,(H,28,33). The third kappa shape index (κ3) is 4.80. The zero-order valence-electron chi connectivity index (χ0n) is 19.6. The lowest BCUT2D eigenvalue weighted by molar-refractivity contribution is -0.0363. The summed E-state index contributed by atoms with van der Waals surface area (Å²) in [6.45, 7) is 3.57. The van der Waals surface area contributed by atoms with Gasteiger partial charge in [0.25, 0.3) is 11.8 Å². The second-order valence-corrected chi connectivity index (χ2v) is 9.12. The zero-order chi connectivity index (χ0) is 25.2. The first-order valence-corrected chi connectivity index (χ1v) is 11.9. The highest BCUT2D eigenvalue weighted by Crippen LogP contribution is 2.37. The normalized spacial score (nSPS) is 16.9. The largest absolute Gasteiger partial charge is 0.503 e. The number of pyridine rings is 1. The summed E-state index contributed by atoms with van der Waals surface area (Å²) in [6, 6.07) is 2.96. The van der Waals surface area contributed by atoms with Gasteiger partial charge in [0.1, 0.15) is 17.2 Å². The Bertz CT molecular complexity index is 1190. The Kier molecular flexibility index (Phi) is 7.20. The van der Waals surface area contributed by atoms with Gasteiger partial charge in [-0.3, -0.25) is 14.4 Å². The van der Waals surface area contributed by atoms with Crippen molar-refractivity contribution in [3.63, 3.8) is 0 Å². The number of unbranched alkanes of at least 4 members (excludes halogenated alkanes) is 2. The molecule has 0 atom stereocenters. The van der Waals surface area contributed by atoms with Crippen molar-refractivity contribution in [2.75, 3.05) is 19.8 Å². The molecule has 2 amide bonds. The van der Waals surface area contributed by atoms with Crippen molar-refractivity contribution >= 4 is 11.8 Å². The Morgan fingerprint density at radius 2 is 1.94 bits per heavy atom. The number of aromatic hydroxyl groups is 1. The second kappa shape index (κ2) is 10.2. The van der Waals surface area contributed by atoms with Gasteiger partial charge >= 0.3 is 0 Å². The topological polar surface area (TPSA) is 101 Å². The van der Waals surface area contributed by atoms with Crippen LogP contribution in [0.3, 0.4) is 0 Å². The van der Waals surface area contributed by atoms with Crippen LogP contribution in [-0.4, -0.2) is 51.7 Å². The molecule has 0 aliphatic carbocycles. The number of nitrogens with one attached hydrogen (secondary N) is 1. The van der Waals surface area contributed by atoms with E-state index in [4.69, 9.17) is 4.74 Å². The van der Waals surface area contributed by atoms with Crippen molar-refractivity contribution < 1.29 is 28.2 Å². The molecule has 2 aliphatic heterocycles. The van der Waals surface area contributed by atoms with Crippen LogP contribution in [0.1, 0.15) is 65.4 Å². The number of nitrogens with zero attached hydrogens (tertiary/aromatic N) is 2. The van der Waals surface area contributed by atoms with Crippen LogP contribution in [0.4, 0.5) is 8.78 Å². The minimum atomic E-state index is -0.974. The van der Waals surface area contributed by atoms with Crippen molar-refractivity contribution in [1.29, 1.82) is 0 Å². The van der Waals surface area contributed by atoms with Gasteiger partial charge in [-0.2, -0.15) is 0 Å². The van der Waals surface area contributed by atoms with Gasteiger partial charge in [-0.1, -0.05) is 25.8 Å². The third-order valence-corrected chi connectivity index (χ3v) is 6.85. The van der Waals surface area contributed by atoms with E-state index in [1.807, 2.05) is 0 Å². The van der Waals surface area contributed by atoms with Crippen molar-refractivity contribution in [3.8, 4) is 5.75 Å². The number of rotatable bonds is 7. The average Bonchev–Trinajstić information content (AvgIpc) is 2.83. The molecule has 0 radical (unpaired) electrons. The van der Waals surface area contributed by atoms with Crippen molar-refractivity contribution in [2.24, 2.45) is 0 Å². The van der Waals surface area contributed by atoms with Gasteiger partial charge in [0, 0.05) is 50.7 Å². The highest BCUT2D eigenvalue weighted by atomic mass is 19.1. The zero-order valence-corrected chi connectivity index (χ0v) is 19.6. The minimum absolute atomic E-state index is 0.0427. The van der Waals surface area contributed by atoms with Crippen LogP contribution in [0.5, 0.6) is 5.75 Å². The summed E-state index contributed by atoms with van der Waals surface area (Å²) in [6.07, 6.45) is 5.22.